The van der Waals surface area contributed by atoms with E-state index in [4.69, 9.17) is 0 Å². The number of carbonyl (C=O) groups is 1. The zero-order chi connectivity index (χ0) is 20.5. The molecule has 5 nitrogen and oxygen atoms in total. The van der Waals surface area contributed by atoms with Crippen molar-refractivity contribution in [1.82, 2.24) is 4.90 Å². The van der Waals surface area contributed by atoms with Gasteiger partial charge in [0.2, 0.25) is 0 Å². The van der Waals surface area contributed by atoms with E-state index in [0.717, 1.165) is 11.1 Å². The van der Waals surface area contributed by atoms with Crippen LogP contribution in [0.3, 0.4) is 0 Å². The summed E-state index contributed by atoms with van der Waals surface area (Å²) >= 11 is 0. The Bertz CT molecular complexity index is 983. The number of phenolic OH excluding ortho intramolecular Hbond substituents is 1. The number of anilines is 1. The van der Waals surface area contributed by atoms with E-state index in [1.807, 2.05) is 71.6 Å². The Kier molecular flexibility index (Phi) is 6.64. The van der Waals surface area contributed by atoms with Crippen molar-refractivity contribution < 1.29 is 9.90 Å². The normalized spacial score (nSPS) is 10.8. The van der Waals surface area contributed by atoms with Gasteiger partial charge in [-0.2, -0.15) is 5.26 Å². The fourth-order valence-electron chi connectivity index (χ4n) is 2.89. The van der Waals surface area contributed by atoms with Crippen LogP contribution in [0.15, 0.2) is 96.7 Å². The second-order valence-electron chi connectivity index (χ2n) is 6.54. The number of amides is 1. The van der Waals surface area contributed by atoms with E-state index in [2.05, 4.69) is 5.32 Å². The lowest BCUT2D eigenvalue weighted by atomic mass is 10.1. The predicted molar refractivity (Wildman–Crippen MR) is 113 cm³/mol. The molecule has 0 saturated carbocycles. The van der Waals surface area contributed by atoms with Crippen LogP contribution in [-0.2, 0) is 17.9 Å². The Balaban J connectivity index is 1.82. The molecule has 3 aromatic carbocycles. The number of rotatable bonds is 7. The third kappa shape index (κ3) is 5.98. The maximum atomic E-state index is 12.6. The van der Waals surface area contributed by atoms with Crippen molar-refractivity contribution in [3.63, 3.8) is 0 Å². The average molecular weight is 383 g/mol. The summed E-state index contributed by atoms with van der Waals surface area (Å²) in [4.78, 5) is 14.5. The molecule has 5 heteroatoms. The number of benzene rings is 3. The molecule has 0 radical (unpaired) electrons. The van der Waals surface area contributed by atoms with Crippen molar-refractivity contribution in [2.45, 2.75) is 13.1 Å². The molecule has 0 unspecified atom stereocenters. The van der Waals surface area contributed by atoms with Crippen molar-refractivity contribution in [1.29, 1.82) is 5.26 Å². The van der Waals surface area contributed by atoms with Gasteiger partial charge in [0.05, 0.1) is 0 Å². The molecule has 144 valence electrons. The smallest absolute Gasteiger partial charge is 0.267 e. The maximum absolute atomic E-state index is 12.6. The summed E-state index contributed by atoms with van der Waals surface area (Å²) in [5.74, 6) is -0.482. The molecule has 0 heterocycles. The molecule has 0 spiro atoms. The molecule has 0 bridgehead atoms. The van der Waals surface area contributed by atoms with E-state index < -0.39 is 5.91 Å². The number of nitrogens with one attached hydrogen (secondary N) is 1. The van der Waals surface area contributed by atoms with Crippen LogP contribution < -0.4 is 5.32 Å². The highest BCUT2D eigenvalue weighted by atomic mass is 16.3. The highest BCUT2D eigenvalue weighted by Gasteiger charge is 2.13. The van der Waals surface area contributed by atoms with Crippen LogP contribution in [0.4, 0.5) is 5.69 Å². The molecule has 3 aromatic rings. The average Bonchev–Trinajstić information content (AvgIpc) is 2.73. The minimum atomic E-state index is -0.524. The molecule has 0 aliphatic carbocycles. The first-order valence-corrected chi connectivity index (χ1v) is 9.18. The summed E-state index contributed by atoms with van der Waals surface area (Å²) in [6, 6.07) is 27.9. The van der Waals surface area contributed by atoms with Crippen LogP contribution in [0.2, 0.25) is 0 Å². The van der Waals surface area contributed by atoms with Crippen molar-refractivity contribution in [3.8, 4) is 11.8 Å². The fraction of sp³-hybridized carbons (Fsp3) is 0.0833. The summed E-state index contributed by atoms with van der Waals surface area (Å²) in [6.07, 6.45) is 1.58. The van der Waals surface area contributed by atoms with Gasteiger partial charge in [0, 0.05) is 31.0 Å². The standard InChI is InChI=1S/C24H21N3O2/c25-15-21(24(29)26-22-12-7-13-23(28)14-22)18-27(16-19-8-3-1-4-9-19)17-20-10-5-2-6-11-20/h1-14,18,28H,16-17H2,(H,26,29)/b21-18-. The topological polar surface area (TPSA) is 76.4 Å². The van der Waals surface area contributed by atoms with E-state index in [-0.39, 0.29) is 11.3 Å². The molecule has 0 aromatic heterocycles. The van der Waals surface area contributed by atoms with E-state index in [9.17, 15) is 15.2 Å². The van der Waals surface area contributed by atoms with Crippen molar-refractivity contribution in [3.05, 3.63) is 108 Å². The summed E-state index contributed by atoms with van der Waals surface area (Å²) in [5, 5.41) is 21.8. The number of nitriles is 1. The minimum Gasteiger partial charge on any atom is -0.508 e. The van der Waals surface area contributed by atoms with Gasteiger partial charge in [-0.15, -0.1) is 0 Å². The summed E-state index contributed by atoms with van der Waals surface area (Å²) < 4.78 is 0. The van der Waals surface area contributed by atoms with Crippen LogP contribution in [-0.4, -0.2) is 15.9 Å². The summed E-state index contributed by atoms with van der Waals surface area (Å²) in [6.45, 7) is 1.11. The zero-order valence-corrected chi connectivity index (χ0v) is 15.8. The van der Waals surface area contributed by atoms with Gasteiger partial charge in [0.15, 0.2) is 0 Å². The Morgan fingerprint density at radius 2 is 1.52 bits per heavy atom. The first kappa shape index (κ1) is 19.7. The minimum absolute atomic E-state index is 0.0137. The SMILES string of the molecule is N#C/C(=C/N(Cc1ccccc1)Cc1ccccc1)C(=O)Nc1cccc(O)c1. The molecule has 0 aliphatic heterocycles. The van der Waals surface area contributed by atoms with Crippen LogP contribution in [0.25, 0.3) is 0 Å². The first-order valence-electron chi connectivity index (χ1n) is 9.18. The van der Waals surface area contributed by atoms with E-state index in [1.54, 1.807) is 18.3 Å². The lowest BCUT2D eigenvalue weighted by Crippen LogP contribution is -2.21. The second-order valence-corrected chi connectivity index (χ2v) is 6.54. The maximum Gasteiger partial charge on any atom is 0.267 e. The van der Waals surface area contributed by atoms with Gasteiger partial charge in [-0.1, -0.05) is 66.7 Å². The molecule has 2 N–H and O–H groups in total. The summed E-state index contributed by atoms with van der Waals surface area (Å²) in [5.41, 5.74) is 2.56. The van der Waals surface area contributed by atoms with Gasteiger partial charge in [0.25, 0.3) is 5.91 Å². The number of nitrogens with zero attached hydrogens (tertiary/aromatic N) is 2. The lowest BCUT2D eigenvalue weighted by Gasteiger charge is -2.21. The fourth-order valence-corrected chi connectivity index (χ4v) is 2.89. The molecule has 0 atom stereocenters. The number of carbonyl (C=O) groups excluding carboxylic acids is 1. The Hall–Kier alpha value is -4.04. The monoisotopic (exact) mass is 383 g/mol. The number of hydrogen-bond donors (Lipinski definition) is 2. The van der Waals surface area contributed by atoms with E-state index >= 15 is 0 Å². The molecular formula is C24H21N3O2. The van der Waals surface area contributed by atoms with Gasteiger partial charge in [-0.05, 0) is 23.3 Å². The third-order valence-corrected chi connectivity index (χ3v) is 4.24. The Labute approximate surface area is 170 Å². The van der Waals surface area contributed by atoms with Crippen LogP contribution >= 0.6 is 0 Å². The third-order valence-electron chi connectivity index (χ3n) is 4.24. The van der Waals surface area contributed by atoms with Gasteiger partial charge in [-0.25, -0.2) is 0 Å². The molecule has 29 heavy (non-hydrogen) atoms. The van der Waals surface area contributed by atoms with Crippen molar-refractivity contribution in [2.24, 2.45) is 0 Å². The number of aromatic hydroxyl groups is 1. The van der Waals surface area contributed by atoms with Crippen molar-refractivity contribution in [2.75, 3.05) is 5.32 Å². The highest BCUT2D eigenvalue weighted by Crippen LogP contribution is 2.17. The lowest BCUT2D eigenvalue weighted by molar-refractivity contribution is -0.112. The van der Waals surface area contributed by atoms with Crippen molar-refractivity contribution >= 4 is 11.6 Å². The number of hydrogen-bond acceptors (Lipinski definition) is 4. The van der Waals surface area contributed by atoms with Gasteiger partial charge >= 0.3 is 0 Å². The summed E-state index contributed by atoms with van der Waals surface area (Å²) in [7, 11) is 0. The molecular weight excluding hydrogens is 362 g/mol. The molecule has 0 fully saturated rings. The Morgan fingerprint density at radius 3 is 2.03 bits per heavy atom. The second kappa shape index (κ2) is 9.77. The van der Waals surface area contributed by atoms with Crippen LogP contribution in [0, 0.1) is 11.3 Å². The van der Waals surface area contributed by atoms with E-state index in [1.165, 1.54) is 12.1 Å². The van der Waals surface area contributed by atoms with Crippen LogP contribution in [0.5, 0.6) is 5.75 Å². The van der Waals surface area contributed by atoms with Crippen LogP contribution in [0.1, 0.15) is 11.1 Å². The van der Waals surface area contributed by atoms with E-state index in [0.29, 0.717) is 18.8 Å². The van der Waals surface area contributed by atoms with Gasteiger partial charge in [-0.3, -0.25) is 4.79 Å². The molecule has 0 saturated heterocycles. The first-order chi connectivity index (χ1) is 14.1. The molecule has 1 amide bonds. The Morgan fingerprint density at radius 1 is 0.931 bits per heavy atom. The zero-order valence-electron chi connectivity index (χ0n) is 15.8. The van der Waals surface area contributed by atoms with Gasteiger partial charge in [0.1, 0.15) is 17.4 Å². The predicted octanol–water partition coefficient (Wildman–Crippen LogP) is 4.44. The quantitative estimate of drug-likeness (QED) is 0.467. The van der Waals surface area contributed by atoms with Gasteiger partial charge < -0.3 is 15.3 Å². The largest absolute Gasteiger partial charge is 0.508 e. The molecule has 3 rings (SSSR count). The molecule has 0 aliphatic rings. The highest BCUT2D eigenvalue weighted by molar-refractivity contribution is 6.06. The number of phenols is 1.